The second kappa shape index (κ2) is 28.1. The molecule has 3 atom stereocenters. The summed E-state index contributed by atoms with van der Waals surface area (Å²) >= 11 is 0. The van der Waals surface area contributed by atoms with Gasteiger partial charge in [0.1, 0.15) is 0 Å². The number of nitrogens with two attached hydrogens (primary N) is 1. The van der Waals surface area contributed by atoms with Crippen LogP contribution in [0.5, 0.6) is 0 Å². The number of phosphoric ester groups is 1. The Morgan fingerprint density at radius 3 is 2.05 bits per heavy atom. The van der Waals surface area contributed by atoms with Crippen LogP contribution in [0.25, 0.3) is 0 Å². The molecule has 0 aliphatic heterocycles. The second-order valence-corrected chi connectivity index (χ2v) is 11.0. The van der Waals surface area contributed by atoms with Gasteiger partial charge in [-0.15, -0.1) is 0 Å². The van der Waals surface area contributed by atoms with Crippen molar-refractivity contribution in [3.63, 3.8) is 0 Å². The van der Waals surface area contributed by atoms with Crippen LogP contribution in [0, 0.1) is 0 Å². The number of rotatable bonds is 26. The summed E-state index contributed by atoms with van der Waals surface area (Å²) in [6.45, 7) is 3.79. The molecule has 0 radical (unpaired) electrons. The molecular formula is C32H55N2O6P. The van der Waals surface area contributed by atoms with Crippen LogP contribution in [0.3, 0.4) is 0 Å². The van der Waals surface area contributed by atoms with Gasteiger partial charge in [0.05, 0.1) is 25.4 Å². The highest BCUT2D eigenvalue weighted by molar-refractivity contribution is 7.47. The van der Waals surface area contributed by atoms with Crippen molar-refractivity contribution < 1.29 is 28.4 Å². The lowest BCUT2D eigenvalue weighted by Gasteiger charge is -2.23. The monoisotopic (exact) mass is 594 g/mol. The second-order valence-electron chi connectivity index (χ2n) is 9.56. The molecule has 0 saturated carbocycles. The molecule has 0 aliphatic carbocycles. The molecule has 9 heteroatoms. The third kappa shape index (κ3) is 26.6. The van der Waals surface area contributed by atoms with Crippen molar-refractivity contribution in [1.29, 1.82) is 0 Å². The van der Waals surface area contributed by atoms with E-state index in [2.05, 4.69) is 79.9 Å². The van der Waals surface area contributed by atoms with Gasteiger partial charge in [0.2, 0.25) is 5.91 Å². The minimum Gasteiger partial charge on any atom is -0.387 e. The molecule has 0 aromatic heterocycles. The Hall–Kier alpha value is -2.06. The summed E-state index contributed by atoms with van der Waals surface area (Å²) in [5.41, 5.74) is 5.31. The molecule has 0 spiro atoms. The number of aliphatic hydroxyl groups is 1. The maximum Gasteiger partial charge on any atom is 0.472 e. The van der Waals surface area contributed by atoms with Crippen molar-refractivity contribution >= 4 is 13.7 Å². The normalized spacial score (nSPS) is 15.7. The molecule has 0 rings (SSSR count). The van der Waals surface area contributed by atoms with Crippen molar-refractivity contribution in [1.82, 2.24) is 5.32 Å². The Kier molecular flexibility index (Phi) is 26.7. The maximum absolute atomic E-state index is 12.5. The van der Waals surface area contributed by atoms with Crippen LogP contribution in [0.15, 0.2) is 72.9 Å². The summed E-state index contributed by atoms with van der Waals surface area (Å²) < 4.78 is 21.8. The number of unbranched alkanes of at least 4 members (excludes halogenated alkanes) is 4. The predicted molar refractivity (Wildman–Crippen MR) is 170 cm³/mol. The zero-order valence-corrected chi connectivity index (χ0v) is 26.1. The number of phosphoric acid groups is 1. The fourth-order valence-electron chi connectivity index (χ4n) is 3.49. The molecule has 0 heterocycles. The highest BCUT2D eigenvalue weighted by Gasteiger charge is 2.26. The Morgan fingerprint density at radius 2 is 1.41 bits per heavy atom. The zero-order valence-electron chi connectivity index (χ0n) is 25.2. The van der Waals surface area contributed by atoms with Gasteiger partial charge >= 0.3 is 7.82 Å². The van der Waals surface area contributed by atoms with E-state index < -0.39 is 20.0 Å². The summed E-state index contributed by atoms with van der Waals surface area (Å²) in [4.78, 5) is 22.3. The van der Waals surface area contributed by atoms with Gasteiger partial charge in [-0.3, -0.25) is 13.8 Å². The summed E-state index contributed by atoms with van der Waals surface area (Å²) in [6.07, 6.45) is 34.1. The largest absolute Gasteiger partial charge is 0.472 e. The molecule has 0 bridgehead atoms. The Bertz CT molecular complexity index is 866. The predicted octanol–water partition coefficient (Wildman–Crippen LogP) is 6.98. The van der Waals surface area contributed by atoms with E-state index in [0.717, 1.165) is 64.2 Å². The van der Waals surface area contributed by atoms with Gasteiger partial charge in [0.25, 0.3) is 0 Å². The first-order valence-corrected chi connectivity index (χ1v) is 16.6. The third-order valence-electron chi connectivity index (χ3n) is 5.75. The van der Waals surface area contributed by atoms with Crippen LogP contribution in [0.1, 0.15) is 90.9 Å². The van der Waals surface area contributed by atoms with E-state index in [1.165, 1.54) is 0 Å². The van der Waals surface area contributed by atoms with Crippen molar-refractivity contribution in [3.05, 3.63) is 72.9 Å². The number of amides is 1. The van der Waals surface area contributed by atoms with Gasteiger partial charge in [-0.25, -0.2) is 4.57 Å². The van der Waals surface area contributed by atoms with E-state index in [4.69, 9.17) is 14.8 Å². The molecule has 0 saturated heterocycles. The Labute approximate surface area is 248 Å². The summed E-state index contributed by atoms with van der Waals surface area (Å²) in [6, 6.07) is -0.898. The van der Waals surface area contributed by atoms with E-state index in [-0.39, 0.29) is 32.1 Å². The molecule has 0 aromatic carbocycles. The summed E-state index contributed by atoms with van der Waals surface area (Å²) in [7, 11) is -4.34. The van der Waals surface area contributed by atoms with Crippen molar-refractivity contribution in [2.24, 2.45) is 5.73 Å². The van der Waals surface area contributed by atoms with Gasteiger partial charge in [-0.05, 0) is 64.2 Å². The Morgan fingerprint density at radius 1 is 0.829 bits per heavy atom. The average molecular weight is 595 g/mol. The van der Waals surface area contributed by atoms with Crippen molar-refractivity contribution in [2.45, 2.75) is 103 Å². The number of hydrogen-bond donors (Lipinski definition) is 4. The number of carbonyl (C=O) groups excluding carboxylic acids is 1. The first kappa shape index (κ1) is 38.9. The minimum atomic E-state index is -4.34. The number of allylic oxidation sites excluding steroid dienone is 11. The van der Waals surface area contributed by atoms with E-state index in [1.54, 1.807) is 6.08 Å². The van der Waals surface area contributed by atoms with Crippen molar-refractivity contribution in [2.75, 3.05) is 19.8 Å². The lowest BCUT2D eigenvalue weighted by Crippen LogP contribution is -2.45. The van der Waals surface area contributed by atoms with Crippen LogP contribution in [-0.2, 0) is 18.4 Å². The van der Waals surface area contributed by atoms with Crippen LogP contribution >= 0.6 is 7.82 Å². The third-order valence-corrected chi connectivity index (χ3v) is 6.73. The van der Waals surface area contributed by atoms with Gasteiger partial charge in [0.15, 0.2) is 0 Å². The average Bonchev–Trinajstić information content (AvgIpc) is 2.95. The number of nitrogens with one attached hydrogen (secondary N) is 1. The molecule has 3 unspecified atom stereocenters. The maximum atomic E-state index is 12.5. The topological polar surface area (TPSA) is 131 Å². The SMILES string of the molecule is CC/C=C\C/C=C\C/C=C\C/C=C\CCCCC(=O)NC(COP(=O)(O)OCCN)C(O)/C=C/CC/C=C/CCC. The number of aliphatic hydroxyl groups excluding tert-OH is 1. The van der Waals surface area contributed by atoms with E-state index in [1.807, 2.05) is 6.08 Å². The molecular weight excluding hydrogens is 539 g/mol. The van der Waals surface area contributed by atoms with E-state index in [9.17, 15) is 19.4 Å². The summed E-state index contributed by atoms with van der Waals surface area (Å²) in [5, 5.41) is 13.4. The Balaban J connectivity index is 4.51. The zero-order chi connectivity index (χ0) is 30.4. The molecule has 1 amide bonds. The molecule has 0 fully saturated rings. The number of hydrogen-bond acceptors (Lipinski definition) is 6. The first-order chi connectivity index (χ1) is 19.9. The smallest absolute Gasteiger partial charge is 0.387 e. The van der Waals surface area contributed by atoms with Gasteiger partial charge in [0, 0.05) is 13.0 Å². The van der Waals surface area contributed by atoms with Crippen LogP contribution in [-0.4, -0.2) is 47.8 Å². The fourth-order valence-corrected chi connectivity index (χ4v) is 4.25. The molecule has 234 valence electrons. The highest BCUT2D eigenvalue weighted by atomic mass is 31.2. The summed E-state index contributed by atoms with van der Waals surface area (Å²) in [5.74, 6) is -0.255. The number of carbonyl (C=O) groups is 1. The van der Waals surface area contributed by atoms with Crippen LogP contribution in [0.4, 0.5) is 0 Å². The molecule has 0 aromatic rings. The molecule has 5 N–H and O–H groups in total. The van der Waals surface area contributed by atoms with Gasteiger partial charge < -0.3 is 21.1 Å². The van der Waals surface area contributed by atoms with Crippen LogP contribution in [0.2, 0.25) is 0 Å². The molecule has 41 heavy (non-hydrogen) atoms. The first-order valence-electron chi connectivity index (χ1n) is 15.1. The van der Waals surface area contributed by atoms with Gasteiger partial charge in [-0.1, -0.05) is 93.2 Å². The quantitative estimate of drug-likeness (QED) is 0.0483. The van der Waals surface area contributed by atoms with E-state index in [0.29, 0.717) is 6.42 Å². The minimum absolute atomic E-state index is 0.0626. The van der Waals surface area contributed by atoms with Crippen LogP contribution < -0.4 is 11.1 Å². The molecule has 0 aliphatic rings. The lowest BCUT2D eigenvalue weighted by atomic mass is 10.1. The fraction of sp³-hybridized carbons (Fsp3) is 0.594. The molecule has 8 nitrogen and oxygen atoms in total. The van der Waals surface area contributed by atoms with Gasteiger partial charge in [-0.2, -0.15) is 0 Å². The van der Waals surface area contributed by atoms with Crippen molar-refractivity contribution in [3.8, 4) is 0 Å². The van der Waals surface area contributed by atoms with E-state index >= 15 is 0 Å². The highest BCUT2D eigenvalue weighted by Crippen LogP contribution is 2.43. The standard InChI is InChI=1S/C32H55N2O6P/c1-3-5-7-9-11-12-13-14-15-16-17-18-20-22-24-26-32(36)34-30(29-40-41(37,38)39-28-27-33)31(35)25-23-21-19-10-8-6-4-2/h5,7-8,10-12,14-15,17-18,23,25,30-31,35H,3-4,6,9,13,16,19-22,24,26-29,33H2,1-2H3,(H,34,36)(H,37,38)/b7-5-,10-8+,12-11-,15-14-,18-17-,25-23+. The lowest BCUT2D eigenvalue weighted by molar-refractivity contribution is -0.123.